The van der Waals surface area contributed by atoms with Crippen LogP contribution in [0.4, 0.5) is 0 Å². The van der Waals surface area contributed by atoms with E-state index in [1.165, 1.54) is 6.92 Å². The molecule has 7 heteroatoms. The van der Waals surface area contributed by atoms with Crippen molar-refractivity contribution in [3.63, 3.8) is 0 Å². The van der Waals surface area contributed by atoms with Crippen molar-refractivity contribution < 1.29 is 9.59 Å². The Morgan fingerprint density at radius 3 is 2.50 bits per heavy atom. The lowest BCUT2D eigenvalue weighted by Crippen LogP contribution is -2.35. The Bertz CT molecular complexity index is 754. The highest BCUT2D eigenvalue weighted by atomic mass is 35.5. The molecular formula is C19H21Cl2N3O2. The molecule has 0 radical (unpaired) electrons. The molecule has 138 valence electrons. The molecule has 0 bridgehead atoms. The zero-order chi connectivity index (χ0) is 18.9. The van der Waals surface area contributed by atoms with Crippen LogP contribution in [0.25, 0.3) is 0 Å². The number of rotatable bonds is 8. The molecule has 1 aromatic heterocycles. The average molecular weight is 394 g/mol. The highest BCUT2D eigenvalue weighted by Crippen LogP contribution is 2.21. The van der Waals surface area contributed by atoms with Gasteiger partial charge in [0.2, 0.25) is 11.8 Å². The largest absolute Gasteiger partial charge is 0.352 e. The lowest BCUT2D eigenvalue weighted by molar-refractivity contribution is -0.129. The summed E-state index contributed by atoms with van der Waals surface area (Å²) in [7, 11) is 0. The van der Waals surface area contributed by atoms with Crippen LogP contribution < -0.4 is 5.32 Å². The molecule has 0 aliphatic rings. The van der Waals surface area contributed by atoms with Crippen LogP contribution in [0.5, 0.6) is 0 Å². The first-order chi connectivity index (χ1) is 12.5. The number of benzene rings is 1. The van der Waals surface area contributed by atoms with Crippen molar-refractivity contribution in [3.05, 3.63) is 63.9 Å². The summed E-state index contributed by atoms with van der Waals surface area (Å²) in [6.45, 7) is 2.80. The SMILES string of the molecule is CC(=O)N(CCC(=O)NCc1ccncc1)CCc1ccc(Cl)cc1Cl. The average Bonchev–Trinajstić information content (AvgIpc) is 2.62. The third-order valence-electron chi connectivity index (χ3n) is 3.96. The maximum absolute atomic E-state index is 12.0. The number of hydrogen-bond donors (Lipinski definition) is 1. The molecular weight excluding hydrogens is 373 g/mol. The molecule has 0 fully saturated rings. The van der Waals surface area contributed by atoms with Gasteiger partial charge in [0.1, 0.15) is 0 Å². The fourth-order valence-electron chi connectivity index (χ4n) is 2.43. The van der Waals surface area contributed by atoms with Crippen LogP contribution in [0, 0.1) is 0 Å². The van der Waals surface area contributed by atoms with Gasteiger partial charge < -0.3 is 10.2 Å². The van der Waals surface area contributed by atoms with Gasteiger partial charge in [0.15, 0.2) is 0 Å². The second-order valence-electron chi connectivity index (χ2n) is 5.87. The Balaban J connectivity index is 1.80. The summed E-state index contributed by atoms with van der Waals surface area (Å²) in [5, 5.41) is 4.00. The highest BCUT2D eigenvalue weighted by Gasteiger charge is 2.12. The molecule has 0 spiro atoms. The first-order valence-corrected chi connectivity index (χ1v) is 9.06. The summed E-state index contributed by atoms with van der Waals surface area (Å²) in [4.78, 5) is 29.4. The molecule has 1 aromatic carbocycles. The predicted molar refractivity (Wildman–Crippen MR) is 103 cm³/mol. The third kappa shape index (κ3) is 6.65. The summed E-state index contributed by atoms with van der Waals surface area (Å²) in [5.74, 6) is -0.172. The Morgan fingerprint density at radius 1 is 1.12 bits per heavy atom. The van der Waals surface area contributed by atoms with E-state index in [-0.39, 0.29) is 18.2 Å². The van der Waals surface area contributed by atoms with E-state index in [1.807, 2.05) is 18.2 Å². The molecule has 0 saturated carbocycles. The van der Waals surface area contributed by atoms with Crippen molar-refractivity contribution >= 4 is 35.0 Å². The molecule has 0 saturated heterocycles. The number of carbonyl (C=O) groups excluding carboxylic acids is 2. The van der Waals surface area contributed by atoms with Gasteiger partial charge in [-0.15, -0.1) is 0 Å². The molecule has 0 atom stereocenters. The maximum Gasteiger partial charge on any atom is 0.222 e. The van der Waals surface area contributed by atoms with Crippen molar-refractivity contribution in [3.8, 4) is 0 Å². The molecule has 2 rings (SSSR count). The van der Waals surface area contributed by atoms with Crippen LogP contribution in [-0.2, 0) is 22.6 Å². The van der Waals surface area contributed by atoms with Crippen LogP contribution in [0.3, 0.4) is 0 Å². The van der Waals surface area contributed by atoms with Gasteiger partial charge in [0.25, 0.3) is 0 Å². The van der Waals surface area contributed by atoms with Gasteiger partial charge >= 0.3 is 0 Å². The fourth-order valence-corrected chi connectivity index (χ4v) is 2.94. The standard InChI is InChI=1S/C19H21Cl2N3O2/c1-14(25)24(10-6-16-2-3-17(20)12-18(16)21)11-7-19(26)23-13-15-4-8-22-9-5-15/h2-5,8-9,12H,6-7,10-11,13H2,1H3,(H,23,26). The normalized spacial score (nSPS) is 10.4. The first kappa shape index (κ1) is 20.2. The molecule has 26 heavy (non-hydrogen) atoms. The second kappa shape index (κ2) is 10.1. The van der Waals surface area contributed by atoms with Crippen molar-refractivity contribution in [2.75, 3.05) is 13.1 Å². The molecule has 0 unspecified atom stereocenters. The van der Waals surface area contributed by atoms with Crippen molar-refractivity contribution in [1.82, 2.24) is 15.2 Å². The zero-order valence-corrected chi connectivity index (χ0v) is 16.1. The van der Waals surface area contributed by atoms with E-state index in [0.717, 1.165) is 11.1 Å². The van der Waals surface area contributed by atoms with E-state index in [0.29, 0.717) is 36.1 Å². The van der Waals surface area contributed by atoms with Gasteiger partial charge in [-0.1, -0.05) is 29.3 Å². The summed E-state index contributed by atoms with van der Waals surface area (Å²) >= 11 is 12.1. The van der Waals surface area contributed by atoms with Gasteiger partial charge in [-0.05, 0) is 41.8 Å². The zero-order valence-electron chi connectivity index (χ0n) is 14.5. The second-order valence-corrected chi connectivity index (χ2v) is 6.72. The topological polar surface area (TPSA) is 62.3 Å². The summed E-state index contributed by atoms with van der Waals surface area (Å²) < 4.78 is 0. The van der Waals surface area contributed by atoms with E-state index in [2.05, 4.69) is 10.3 Å². The molecule has 1 N–H and O–H groups in total. The van der Waals surface area contributed by atoms with Crippen LogP contribution in [0.1, 0.15) is 24.5 Å². The van der Waals surface area contributed by atoms with Gasteiger partial charge in [-0.25, -0.2) is 0 Å². The number of nitrogens with one attached hydrogen (secondary N) is 1. The molecule has 2 amide bonds. The highest BCUT2D eigenvalue weighted by molar-refractivity contribution is 6.35. The van der Waals surface area contributed by atoms with Crippen molar-refractivity contribution in [1.29, 1.82) is 0 Å². The van der Waals surface area contributed by atoms with Gasteiger partial charge in [0.05, 0.1) is 0 Å². The van der Waals surface area contributed by atoms with Crippen LogP contribution in [0.2, 0.25) is 10.0 Å². The van der Waals surface area contributed by atoms with Gasteiger partial charge in [-0.3, -0.25) is 14.6 Å². The van der Waals surface area contributed by atoms with Crippen molar-refractivity contribution in [2.45, 2.75) is 26.3 Å². The summed E-state index contributed by atoms with van der Waals surface area (Å²) in [6, 6.07) is 9.00. The molecule has 1 heterocycles. The Labute approximate surface area is 163 Å². The van der Waals surface area contributed by atoms with Crippen LogP contribution in [-0.4, -0.2) is 34.8 Å². The Morgan fingerprint density at radius 2 is 1.85 bits per heavy atom. The smallest absolute Gasteiger partial charge is 0.222 e. The van der Waals surface area contributed by atoms with Gasteiger partial charge in [-0.2, -0.15) is 0 Å². The first-order valence-electron chi connectivity index (χ1n) is 8.30. The third-order valence-corrected chi connectivity index (χ3v) is 4.55. The predicted octanol–water partition coefficient (Wildman–Crippen LogP) is 3.49. The quantitative estimate of drug-likeness (QED) is 0.746. The van der Waals surface area contributed by atoms with Crippen LogP contribution >= 0.6 is 23.2 Å². The number of carbonyl (C=O) groups is 2. The Hall–Kier alpha value is -2.11. The number of pyridine rings is 1. The number of amides is 2. The fraction of sp³-hybridized carbons (Fsp3) is 0.316. The Kier molecular flexibility index (Phi) is 7.88. The van der Waals surface area contributed by atoms with E-state index < -0.39 is 0 Å². The maximum atomic E-state index is 12.0. The molecule has 0 aliphatic heterocycles. The van der Waals surface area contributed by atoms with E-state index >= 15 is 0 Å². The minimum Gasteiger partial charge on any atom is -0.352 e. The van der Waals surface area contributed by atoms with E-state index in [4.69, 9.17) is 23.2 Å². The van der Waals surface area contributed by atoms with E-state index in [1.54, 1.807) is 29.4 Å². The molecule has 2 aromatic rings. The summed E-state index contributed by atoms with van der Waals surface area (Å²) in [5.41, 5.74) is 1.90. The minimum absolute atomic E-state index is 0.0722. The van der Waals surface area contributed by atoms with Crippen LogP contribution in [0.15, 0.2) is 42.7 Å². The molecule has 0 aliphatic carbocycles. The number of nitrogens with zero attached hydrogens (tertiary/aromatic N) is 2. The van der Waals surface area contributed by atoms with E-state index in [9.17, 15) is 9.59 Å². The summed E-state index contributed by atoms with van der Waals surface area (Å²) in [6.07, 6.45) is 4.22. The molecule has 5 nitrogen and oxygen atoms in total. The van der Waals surface area contributed by atoms with Gasteiger partial charge in [0, 0.05) is 55.4 Å². The minimum atomic E-state index is -0.0995. The number of aromatic nitrogens is 1. The monoisotopic (exact) mass is 393 g/mol. The number of hydrogen-bond acceptors (Lipinski definition) is 3. The number of halogens is 2. The lowest BCUT2D eigenvalue weighted by atomic mass is 10.1. The van der Waals surface area contributed by atoms with Crippen molar-refractivity contribution in [2.24, 2.45) is 0 Å². The lowest BCUT2D eigenvalue weighted by Gasteiger charge is -2.21.